The Balaban J connectivity index is 1.74. The van der Waals surface area contributed by atoms with E-state index in [0.29, 0.717) is 0 Å². The second-order valence-electron chi connectivity index (χ2n) is 11.0. The Kier molecular flexibility index (Phi) is 7.60. The van der Waals surface area contributed by atoms with E-state index in [1.165, 1.54) is 28.5 Å². The fourth-order valence-corrected chi connectivity index (χ4v) is 7.69. The second kappa shape index (κ2) is 10.8. The molecule has 0 N–H and O–H groups in total. The number of carbonyl (C=O) groups is 1. The van der Waals surface area contributed by atoms with E-state index in [2.05, 4.69) is 48.0 Å². The first-order chi connectivity index (χ1) is 18.4. The smallest absolute Gasteiger partial charge is 0.161 e. The van der Waals surface area contributed by atoms with Crippen molar-refractivity contribution in [2.24, 2.45) is 11.8 Å². The lowest BCUT2D eigenvalue weighted by atomic mass is 9.58. The highest BCUT2D eigenvalue weighted by molar-refractivity contribution is 5.57. The molecule has 7 nitrogen and oxygen atoms in total. The zero-order valence-corrected chi connectivity index (χ0v) is 23.7. The number of carbonyl (C=O) groups excluding carboxylic acids is 1. The maximum absolute atomic E-state index is 12.3. The van der Waals surface area contributed by atoms with Gasteiger partial charge in [0, 0.05) is 31.0 Å². The van der Waals surface area contributed by atoms with Crippen molar-refractivity contribution in [2.75, 3.05) is 55.1 Å². The largest absolute Gasteiger partial charge is 0.493 e. The van der Waals surface area contributed by atoms with Crippen LogP contribution in [-0.2, 0) is 23.2 Å². The van der Waals surface area contributed by atoms with Crippen LogP contribution in [0.1, 0.15) is 54.5 Å². The van der Waals surface area contributed by atoms with Crippen molar-refractivity contribution in [3.8, 4) is 23.0 Å². The van der Waals surface area contributed by atoms with Crippen LogP contribution in [0.2, 0.25) is 0 Å². The first-order valence-electron chi connectivity index (χ1n) is 13.9. The molecule has 0 amide bonds. The Morgan fingerprint density at radius 3 is 2.13 bits per heavy atom. The van der Waals surface area contributed by atoms with Gasteiger partial charge in [0.25, 0.3) is 0 Å². The van der Waals surface area contributed by atoms with Crippen molar-refractivity contribution in [3.05, 3.63) is 46.5 Å². The van der Waals surface area contributed by atoms with E-state index in [1.54, 1.807) is 28.4 Å². The van der Waals surface area contributed by atoms with Crippen molar-refractivity contribution in [3.63, 3.8) is 0 Å². The Labute approximate surface area is 227 Å². The summed E-state index contributed by atoms with van der Waals surface area (Å²) in [6.45, 7) is 5.15. The molecule has 206 valence electrons. The lowest BCUT2D eigenvalue weighted by molar-refractivity contribution is -0.117. The molecule has 1 saturated carbocycles. The third-order valence-corrected chi connectivity index (χ3v) is 9.49. The predicted molar refractivity (Wildman–Crippen MR) is 148 cm³/mol. The summed E-state index contributed by atoms with van der Waals surface area (Å²) >= 11 is 0. The summed E-state index contributed by atoms with van der Waals surface area (Å²) < 4.78 is 23.0. The number of benzene rings is 2. The van der Waals surface area contributed by atoms with Gasteiger partial charge in [0.2, 0.25) is 0 Å². The molecule has 38 heavy (non-hydrogen) atoms. The van der Waals surface area contributed by atoms with Gasteiger partial charge in [0.15, 0.2) is 23.0 Å². The van der Waals surface area contributed by atoms with Crippen LogP contribution in [0.4, 0.5) is 0 Å². The van der Waals surface area contributed by atoms with E-state index in [9.17, 15) is 4.79 Å². The number of hydrogen-bond donors (Lipinski definition) is 0. The molecule has 7 heteroatoms. The summed E-state index contributed by atoms with van der Waals surface area (Å²) in [5.41, 5.74) is 5.03. The third kappa shape index (κ3) is 4.15. The zero-order valence-electron chi connectivity index (χ0n) is 23.7. The van der Waals surface area contributed by atoms with Crippen LogP contribution in [0, 0.1) is 11.8 Å². The van der Waals surface area contributed by atoms with Crippen molar-refractivity contribution < 1.29 is 23.7 Å². The van der Waals surface area contributed by atoms with Crippen LogP contribution in [0.25, 0.3) is 0 Å². The number of aldehydes is 1. The molecule has 5 rings (SSSR count). The Morgan fingerprint density at radius 1 is 0.895 bits per heavy atom. The van der Waals surface area contributed by atoms with Crippen LogP contribution in [0.15, 0.2) is 24.3 Å². The van der Waals surface area contributed by atoms with Crippen molar-refractivity contribution >= 4 is 6.29 Å². The number of rotatable bonds is 7. The molecule has 2 aliphatic heterocycles. The third-order valence-electron chi connectivity index (χ3n) is 9.49. The van der Waals surface area contributed by atoms with Gasteiger partial charge in [-0.25, -0.2) is 0 Å². The Bertz CT molecular complexity index is 1180. The highest BCUT2D eigenvalue weighted by Crippen LogP contribution is 2.58. The van der Waals surface area contributed by atoms with Crippen LogP contribution in [0.5, 0.6) is 23.0 Å². The minimum atomic E-state index is -0.220. The molecule has 0 bridgehead atoms. The van der Waals surface area contributed by atoms with Gasteiger partial charge in [-0.1, -0.05) is 6.92 Å². The molecule has 0 saturated heterocycles. The number of likely N-dealkylation sites (N-methyl/N-ethyl adjacent to an activating group) is 2. The van der Waals surface area contributed by atoms with Gasteiger partial charge in [0.1, 0.15) is 6.29 Å². The van der Waals surface area contributed by atoms with Crippen LogP contribution in [0.3, 0.4) is 0 Å². The van der Waals surface area contributed by atoms with E-state index in [-0.39, 0.29) is 23.4 Å². The molecule has 2 aromatic carbocycles. The normalized spacial score (nSPS) is 27.4. The van der Waals surface area contributed by atoms with Crippen LogP contribution in [-0.4, -0.2) is 71.2 Å². The van der Waals surface area contributed by atoms with Gasteiger partial charge in [-0.05, 0) is 92.2 Å². The molecular weight excluding hydrogens is 480 g/mol. The SMILES string of the molecule is CCN1CCc2cc(OC)c(OC)cc2C12CCC(C=O)CC2C1c2cc(OC)c(OC)cc2CCN1C. The number of nitrogens with zero attached hydrogens (tertiary/aromatic N) is 2. The maximum atomic E-state index is 12.3. The molecular formula is C31H42N2O5. The molecule has 1 aliphatic carbocycles. The minimum absolute atomic E-state index is 0.0498. The lowest BCUT2D eigenvalue weighted by Crippen LogP contribution is -2.60. The molecule has 0 aromatic heterocycles. The first-order valence-corrected chi connectivity index (χ1v) is 13.9. The fraction of sp³-hybridized carbons (Fsp3) is 0.581. The average Bonchev–Trinajstić information content (AvgIpc) is 2.96. The number of fused-ring (bicyclic) bond motifs is 3. The molecule has 3 aliphatic rings. The summed E-state index contributed by atoms with van der Waals surface area (Å²) in [7, 11) is 9.04. The van der Waals surface area contributed by atoms with Gasteiger partial charge in [-0.2, -0.15) is 0 Å². The summed E-state index contributed by atoms with van der Waals surface area (Å²) in [6.07, 6.45) is 5.78. The zero-order chi connectivity index (χ0) is 27.0. The van der Waals surface area contributed by atoms with E-state index in [1.807, 2.05) is 0 Å². The minimum Gasteiger partial charge on any atom is -0.493 e. The summed E-state index contributed by atoms with van der Waals surface area (Å²) in [6, 6.07) is 8.87. The summed E-state index contributed by atoms with van der Waals surface area (Å²) in [5.74, 6) is 3.32. The maximum Gasteiger partial charge on any atom is 0.161 e. The van der Waals surface area contributed by atoms with E-state index in [4.69, 9.17) is 18.9 Å². The lowest BCUT2D eigenvalue weighted by Gasteiger charge is -2.59. The summed E-state index contributed by atoms with van der Waals surface area (Å²) in [4.78, 5) is 17.4. The molecule has 2 aromatic rings. The Hall–Kier alpha value is -2.77. The Morgan fingerprint density at radius 2 is 1.50 bits per heavy atom. The highest BCUT2D eigenvalue weighted by Gasteiger charge is 2.55. The predicted octanol–water partition coefficient (Wildman–Crippen LogP) is 4.64. The van der Waals surface area contributed by atoms with Crippen molar-refractivity contribution in [1.82, 2.24) is 9.80 Å². The molecule has 0 radical (unpaired) electrons. The van der Waals surface area contributed by atoms with Gasteiger partial charge in [-0.15, -0.1) is 0 Å². The number of hydrogen-bond acceptors (Lipinski definition) is 7. The highest BCUT2D eigenvalue weighted by atomic mass is 16.5. The van der Waals surface area contributed by atoms with Gasteiger partial charge in [-0.3, -0.25) is 9.80 Å². The average molecular weight is 523 g/mol. The summed E-state index contributed by atoms with van der Waals surface area (Å²) in [5, 5.41) is 0. The van der Waals surface area contributed by atoms with Crippen LogP contribution < -0.4 is 18.9 Å². The number of ether oxygens (including phenoxy) is 4. The first kappa shape index (κ1) is 26.8. The molecule has 4 atom stereocenters. The topological polar surface area (TPSA) is 60.5 Å². The molecule has 1 spiro atoms. The van der Waals surface area contributed by atoms with Gasteiger partial charge >= 0.3 is 0 Å². The monoisotopic (exact) mass is 522 g/mol. The molecule has 4 unspecified atom stereocenters. The second-order valence-corrected chi connectivity index (χ2v) is 11.0. The van der Waals surface area contributed by atoms with Gasteiger partial charge in [0.05, 0.1) is 34.0 Å². The fourth-order valence-electron chi connectivity index (χ4n) is 7.69. The van der Waals surface area contributed by atoms with Crippen molar-refractivity contribution in [2.45, 2.75) is 50.6 Å². The van der Waals surface area contributed by atoms with Gasteiger partial charge < -0.3 is 23.7 Å². The van der Waals surface area contributed by atoms with Crippen molar-refractivity contribution in [1.29, 1.82) is 0 Å². The molecule has 1 fully saturated rings. The standard InChI is InChI=1S/C31H42N2O5/c1-7-33-13-10-22-16-27(36-4)29(38-6)18-24(22)31(33)11-8-20(19-34)14-25(31)30-23-17-28(37-5)26(35-3)15-21(23)9-12-32(30)2/h15-20,25,30H,7-14H2,1-6H3. The quantitative estimate of drug-likeness (QED) is 0.491. The van der Waals surface area contributed by atoms with E-state index >= 15 is 0 Å². The van der Waals surface area contributed by atoms with E-state index in [0.717, 1.165) is 74.7 Å². The molecule has 2 heterocycles. The number of methoxy groups -OCH3 is 4. The van der Waals surface area contributed by atoms with Crippen LogP contribution >= 0.6 is 0 Å². The van der Waals surface area contributed by atoms with E-state index < -0.39 is 0 Å².